The second-order valence-electron chi connectivity index (χ2n) is 5.93. The molecular weight excluding hydrogens is 356 g/mol. The second-order valence-corrected chi connectivity index (χ2v) is 5.93. The molecule has 1 atom stereocenters. The normalized spacial score (nSPS) is 16.5. The molecule has 26 heavy (non-hydrogen) atoms. The Balaban J connectivity index is 0.00000243. The highest BCUT2D eigenvalue weighted by atomic mass is 35.5. The largest absolute Gasteiger partial charge is 0.497 e. The summed E-state index contributed by atoms with van der Waals surface area (Å²) in [6.45, 7) is 4.34. The number of hydrogen-bond donors (Lipinski definition) is 2. The third kappa shape index (κ3) is 4.68. The van der Waals surface area contributed by atoms with Crippen LogP contribution in [0.2, 0.25) is 0 Å². The van der Waals surface area contributed by atoms with E-state index in [2.05, 4.69) is 15.7 Å². The molecule has 3 rings (SSSR count). The van der Waals surface area contributed by atoms with E-state index >= 15 is 0 Å². The molecule has 1 aliphatic rings. The highest BCUT2D eigenvalue weighted by molar-refractivity contribution is 6.03. The Morgan fingerprint density at radius 1 is 1.42 bits per heavy atom. The van der Waals surface area contributed by atoms with E-state index in [0.29, 0.717) is 35.5 Å². The van der Waals surface area contributed by atoms with Gasteiger partial charge in [-0.25, -0.2) is 0 Å². The lowest BCUT2D eigenvalue weighted by atomic mass is 10.1. The Morgan fingerprint density at radius 2 is 2.27 bits per heavy atom. The van der Waals surface area contributed by atoms with Gasteiger partial charge in [-0.2, -0.15) is 5.10 Å². The van der Waals surface area contributed by atoms with Gasteiger partial charge < -0.3 is 20.1 Å². The van der Waals surface area contributed by atoms with Crippen LogP contribution in [0.25, 0.3) is 0 Å². The lowest BCUT2D eigenvalue weighted by Crippen LogP contribution is -2.32. The number of carbonyl (C=O) groups is 1. The summed E-state index contributed by atoms with van der Waals surface area (Å²) in [5.74, 6) is 0.988. The molecule has 0 radical (unpaired) electrons. The number of aromatic nitrogens is 2. The first-order chi connectivity index (χ1) is 12.2. The van der Waals surface area contributed by atoms with Gasteiger partial charge in [0.05, 0.1) is 25.4 Å². The zero-order chi connectivity index (χ0) is 17.6. The molecule has 0 spiro atoms. The highest BCUT2D eigenvalue weighted by Crippen LogP contribution is 2.29. The minimum Gasteiger partial charge on any atom is -0.497 e. The van der Waals surface area contributed by atoms with Crippen molar-refractivity contribution in [3.63, 3.8) is 0 Å². The zero-order valence-electron chi connectivity index (χ0n) is 15.0. The lowest BCUT2D eigenvalue weighted by Gasteiger charge is -2.22. The number of halogens is 1. The molecule has 1 unspecified atom stereocenters. The van der Waals surface area contributed by atoms with E-state index in [4.69, 9.17) is 9.47 Å². The summed E-state index contributed by atoms with van der Waals surface area (Å²) < 4.78 is 12.7. The van der Waals surface area contributed by atoms with E-state index < -0.39 is 0 Å². The molecular formula is C18H25ClN4O3. The molecule has 1 aromatic carbocycles. The van der Waals surface area contributed by atoms with Gasteiger partial charge in [0.2, 0.25) is 0 Å². The lowest BCUT2D eigenvalue weighted by molar-refractivity contribution is 0.102. The predicted molar refractivity (Wildman–Crippen MR) is 103 cm³/mol. The van der Waals surface area contributed by atoms with Crippen molar-refractivity contribution in [2.45, 2.75) is 25.8 Å². The quantitative estimate of drug-likeness (QED) is 0.805. The molecule has 0 aliphatic carbocycles. The average Bonchev–Trinajstić information content (AvgIpc) is 3.14. The van der Waals surface area contributed by atoms with E-state index in [-0.39, 0.29) is 18.3 Å². The summed E-state index contributed by atoms with van der Waals surface area (Å²) in [7, 11) is 1.58. The van der Waals surface area contributed by atoms with E-state index in [0.717, 1.165) is 25.9 Å². The number of rotatable bonds is 6. The molecule has 1 amide bonds. The highest BCUT2D eigenvalue weighted by Gasteiger charge is 2.18. The van der Waals surface area contributed by atoms with Gasteiger partial charge in [0.15, 0.2) is 5.69 Å². The van der Waals surface area contributed by atoms with Gasteiger partial charge in [-0.3, -0.25) is 9.48 Å². The van der Waals surface area contributed by atoms with Crippen molar-refractivity contribution >= 4 is 24.0 Å². The number of methoxy groups -OCH3 is 1. The number of amides is 1. The first-order valence-corrected chi connectivity index (χ1v) is 8.59. The minimum atomic E-state index is -0.267. The number of benzene rings is 1. The van der Waals surface area contributed by atoms with Crippen LogP contribution in [0.3, 0.4) is 0 Å². The summed E-state index contributed by atoms with van der Waals surface area (Å²) >= 11 is 0. The monoisotopic (exact) mass is 380 g/mol. The van der Waals surface area contributed by atoms with E-state index in [9.17, 15) is 4.79 Å². The summed E-state index contributed by atoms with van der Waals surface area (Å²) in [4.78, 5) is 12.6. The van der Waals surface area contributed by atoms with Crippen molar-refractivity contribution in [2.75, 3.05) is 32.1 Å². The summed E-state index contributed by atoms with van der Waals surface area (Å²) in [5, 5.41) is 10.7. The third-order valence-electron chi connectivity index (χ3n) is 4.22. The Hall–Kier alpha value is -2.25. The number of ether oxygens (including phenoxy) is 2. The van der Waals surface area contributed by atoms with Crippen LogP contribution in [0.15, 0.2) is 30.5 Å². The van der Waals surface area contributed by atoms with E-state index in [1.54, 1.807) is 31.4 Å². The summed E-state index contributed by atoms with van der Waals surface area (Å²) in [5.41, 5.74) is 0.955. The molecule has 0 bridgehead atoms. The number of hydrogen-bond acceptors (Lipinski definition) is 5. The van der Waals surface area contributed by atoms with Crippen LogP contribution < -0.4 is 20.1 Å². The zero-order valence-corrected chi connectivity index (χ0v) is 15.8. The number of carbonyl (C=O) groups excluding carboxylic acids is 1. The second kappa shape index (κ2) is 9.45. The maximum atomic E-state index is 12.6. The SMILES string of the molecule is CCOc1ccc(OC)cc1NC(=O)c1ccn(C2CCCNC2)n1.Cl. The first-order valence-electron chi connectivity index (χ1n) is 8.59. The fraction of sp³-hybridized carbons (Fsp3) is 0.444. The molecule has 7 nitrogen and oxygen atoms in total. The number of anilines is 1. The maximum Gasteiger partial charge on any atom is 0.276 e. The molecule has 2 aromatic rings. The fourth-order valence-electron chi connectivity index (χ4n) is 2.92. The summed E-state index contributed by atoms with van der Waals surface area (Å²) in [6, 6.07) is 7.36. The standard InChI is InChI=1S/C18H24N4O3.ClH/c1-3-25-17-7-6-14(24-2)11-16(17)20-18(23)15-8-10-22(21-15)13-5-4-9-19-12-13;/h6-8,10-11,13,19H,3-5,9,12H2,1-2H3,(H,20,23);1H. The molecule has 1 fully saturated rings. The van der Waals surface area contributed by atoms with E-state index in [1.807, 2.05) is 17.8 Å². The van der Waals surface area contributed by atoms with Gasteiger partial charge in [0.25, 0.3) is 5.91 Å². The smallest absolute Gasteiger partial charge is 0.276 e. The van der Waals surface area contributed by atoms with Crippen LogP contribution in [0, 0.1) is 0 Å². The van der Waals surface area contributed by atoms with Gasteiger partial charge in [-0.05, 0) is 44.5 Å². The Bertz CT molecular complexity index is 729. The minimum absolute atomic E-state index is 0. The van der Waals surface area contributed by atoms with Crippen LogP contribution in [0.5, 0.6) is 11.5 Å². The van der Waals surface area contributed by atoms with Gasteiger partial charge >= 0.3 is 0 Å². The topological polar surface area (TPSA) is 77.4 Å². The van der Waals surface area contributed by atoms with Crippen molar-refractivity contribution in [1.82, 2.24) is 15.1 Å². The molecule has 1 aliphatic heterocycles. The van der Waals surface area contributed by atoms with Crippen LogP contribution in [-0.4, -0.2) is 42.5 Å². The molecule has 0 saturated carbocycles. The predicted octanol–water partition coefficient (Wildman–Crippen LogP) is 2.89. The van der Waals surface area contributed by atoms with Crippen molar-refractivity contribution in [3.05, 3.63) is 36.2 Å². The number of nitrogens with one attached hydrogen (secondary N) is 2. The molecule has 142 valence electrons. The van der Waals surface area contributed by atoms with Crippen LogP contribution in [0.4, 0.5) is 5.69 Å². The fourth-order valence-corrected chi connectivity index (χ4v) is 2.92. The van der Waals surface area contributed by atoms with Crippen LogP contribution in [-0.2, 0) is 0 Å². The molecule has 2 heterocycles. The Labute approximate surface area is 159 Å². The summed E-state index contributed by atoms with van der Waals surface area (Å²) in [6.07, 6.45) is 4.05. The Morgan fingerprint density at radius 3 is 2.96 bits per heavy atom. The van der Waals surface area contributed by atoms with Crippen molar-refractivity contribution < 1.29 is 14.3 Å². The Kier molecular flexibility index (Phi) is 7.29. The molecule has 2 N–H and O–H groups in total. The van der Waals surface area contributed by atoms with Crippen molar-refractivity contribution in [1.29, 1.82) is 0 Å². The van der Waals surface area contributed by atoms with Crippen LogP contribution in [0.1, 0.15) is 36.3 Å². The van der Waals surface area contributed by atoms with Gasteiger partial charge in [0, 0.05) is 18.8 Å². The van der Waals surface area contributed by atoms with Gasteiger partial charge in [0.1, 0.15) is 11.5 Å². The van der Waals surface area contributed by atoms with Gasteiger partial charge in [-0.15, -0.1) is 12.4 Å². The molecule has 8 heteroatoms. The van der Waals surface area contributed by atoms with E-state index in [1.165, 1.54) is 0 Å². The third-order valence-corrected chi connectivity index (χ3v) is 4.22. The van der Waals surface area contributed by atoms with Crippen LogP contribution >= 0.6 is 12.4 Å². The maximum absolute atomic E-state index is 12.6. The van der Waals surface area contributed by atoms with Crippen molar-refractivity contribution in [2.24, 2.45) is 0 Å². The molecule has 1 saturated heterocycles. The average molecular weight is 381 g/mol. The number of nitrogens with zero attached hydrogens (tertiary/aromatic N) is 2. The first kappa shape index (κ1) is 20.1. The van der Waals surface area contributed by atoms with Crippen molar-refractivity contribution in [3.8, 4) is 11.5 Å². The molecule has 1 aromatic heterocycles. The number of piperidine rings is 1. The van der Waals surface area contributed by atoms with Gasteiger partial charge in [-0.1, -0.05) is 0 Å².